The smallest absolute Gasteiger partial charge is 0.171 e. The number of aromatic nitrogens is 2. The van der Waals surface area contributed by atoms with Crippen LogP contribution in [0.4, 0.5) is 5.82 Å². The van der Waals surface area contributed by atoms with Gasteiger partial charge in [-0.25, -0.2) is 9.97 Å². The highest BCUT2D eigenvalue weighted by atomic mass is 35.5. The van der Waals surface area contributed by atoms with Crippen LogP contribution in [0.25, 0.3) is 0 Å². The normalized spacial score (nSPS) is 17.4. The number of rotatable bonds is 4. The molecule has 0 aromatic carbocycles. The largest absolute Gasteiger partial charge is 0.351 e. The van der Waals surface area contributed by atoms with E-state index < -0.39 is 0 Å². The van der Waals surface area contributed by atoms with Gasteiger partial charge in [0.25, 0.3) is 0 Å². The van der Waals surface area contributed by atoms with Crippen molar-refractivity contribution in [1.29, 1.82) is 0 Å². The average molecular weight is 270 g/mol. The van der Waals surface area contributed by atoms with Gasteiger partial charge < -0.3 is 9.80 Å². The molecule has 0 bridgehead atoms. The van der Waals surface area contributed by atoms with Crippen molar-refractivity contribution in [2.75, 3.05) is 58.3 Å². The molecule has 5 nitrogen and oxygen atoms in total. The molecule has 1 saturated heterocycles. The van der Waals surface area contributed by atoms with Gasteiger partial charge in [0, 0.05) is 51.7 Å². The number of anilines is 1. The molecule has 1 aliphatic heterocycles. The Morgan fingerprint density at radius 2 is 1.83 bits per heavy atom. The highest BCUT2D eigenvalue weighted by Crippen LogP contribution is 2.20. The third-order valence-corrected chi connectivity index (χ3v) is 3.44. The first-order valence-electron chi connectivity index (χ1n) is 6.25. The summed E-state index contributed by atoms with van der Waals surface area (Å²) in [5, 5.41) is 0.499. The fourth-order valence-electron chi connectivity index (χ4n) is 2.05. The Hall–Kier alpha value is -0.910. The van der Waals surface area contributed by atoms with Crippen LogP contribution >= 0.6 is 11.6 Å². The Morgan fingerprint density at radius 3 is 2.44 bits per heavy atom. The summed E-state index contributed by atoms with van der Waals surface area (Å²) in [6.45, 7) is 6.26. The van der Waals surface area contributed by atoms with E-state index in [9.17, 15) is 0 Å². The van der Waals surface area contributed by atoms with Gasteiger partial charge in [0.15, 0.2) is 11.0 Å². The van der Waals surface area contributed by atoms with Crippen LogP contribution in [-0.2, 0) is 0 Å². The lowest BCUT2D eigenvalue weighted by Crippen LogP contribution is -2.48. The van der Waals surface area contributed by atoms with Crippen molar-refractivity contribution in [3.8, 4) is 0 Å². The summed E-state index contributed by atoms with van der Waals surface area (Å²) in [5.41, 5.74) is 0. The third kappa shape index (κ3) is 3.54. The average Bonchev–Trinajstić information content (AvgIpc) is 2.38. The number of nitrogens with zero attached hydrogens (tertiary/aromatic N) is 5. The lowest BCUT2D eigenvalue weighted by Gasteiger charge is -2.35. The van der Waals surface area contributed by atoms with E-state index in [0.29, 0.717) is 5.15 Å². The van der Waals surface area contributed by atoms with Crippen molar-refractivity contribution < 1.29 is 0 Å². The summed E-state index contributed by atoms with van der Waals surface area (Å²) in [6.07, 6.45) is 3.32. The molecule has 1 aromatic heterocycles. The Labute approximate surface area is 113 Å². The first kappa shape index (κ1) is 13.5. The zero-order valence-electron chi connectivity index (χ0n) is 11.0. The molecule has 1 fully saturated rings. The van der Waals surface area contributed by atoms with Crippen LogP contribution in [0.3, 0.4) is 0 Å². The molecule has 6 heteroatoms. The Balaban J connectivity index is 1.85. The Bertz CT molecular complexity index is 376. The molecular weight excluding hydrogens is 250 g/mol. The van der Waals surface area contributed by atoms with Gasteiger partial charge in [-0.15, -0.1) is 0 Å². The second-order valence-electron chi connectivity index (χ2n) is 4.80. The van der Waals surface area contributed by atoms with Crippen LogP contribution in [0, 0.1) is 0 Å². The van der Waals surface area contributed by atoms with Crippen LogP contribution in [0.5, 0.6) is 0 Å². The van der Waals surface area contributed by atoms with Crippen LogP contribution in [0.1, 0.15) is 0 Å². The predicted molar refractivity (Wildman–Crippen MR) is 74.2 cm³/mol. The van der Waals surface area contributed by atoms with E-state index >= 15 is 0 Å². The van der Waals surface area contributed by atoms with E-state index in [-0.39, 0.29) is 0 Å². The highest BCUT2D eigenvalue weighted by molar-refractivity contribution is 6.31. The zero-order chi connectivity index (χ0) is 13.0. The zero-order valence-corrected chi connectivity index (χ0v) is 11.8. The van der Waals surface area contributed by atoms with Crippen molar-refractivity contribution in [2.24, 2.45) is 0 Å². The minimum atomic E-state index is 0.499. The molecule has 0 unspecified atom stereocenters. The lowest BCUT2D eigenvalue weighted by molar-refractivity contribution is 0.229. The Kier molecular flexibility index (Phi) is 4.74. The molecule has 2 rings (SSSR count). The fraction of sp³-hybridized carbons (Fsp3) is 0.667. The second kappa shape index (κ2) is 6.31. The van der Waals surface area contributed by atoms with Gasteiger partial charge in [-0.3, -0.25) is 4.90 Å². The van der Waals surface area contributed by atoms with Gasteiger partial charge >= 0.3 is 0 Å². The second-order valence-corrected chi connectivity index (χ2v) is 5.16. The number of hydrogen-bond donors (Lipinski definition) is 0. The van der Waals surface area contributed by atoms with Crippen LogP contribution in [0.2, 0.25) is 5.15 Å². The molecule has 1 aromatic rings. The summed E-state index contributed by atoms with van der Waals surface area (Å²) >= 11 is 6.06. The maximum absolute atomic E-state index is 6.06. The summed E-state index contributed by atoms with van der Waals surface area (Å²) in [6, 6.07) is 0. The number of likely N-dealkylation sites (N-methyl/N-ethyl adjacent to an activating group) is 1. The van der Waals surface area contributed by atoms with E-state index in [2.05, 4.69) is 38.8 Å². The van der Waals surface area contributed by atoms with E-state index in [4.69, 9.17) is 11.6 Å². The van der Waals surface area contributed by atoms with Crippen LogP contribution in [0.15, 0.2) is 12.4 Å². The molecular formula is C12H20ClN5. The predicted octanol–water partition coefficient (Wildman–Crippen LogP) is 0.814. The maximum atomic E-state index is 6.06. The van der Waals surface area contributed by atoms with Crippen molar-refractivity contribution in [3.63, 3.8) is 0 Å². The first-order chi connectivity index (χ1) is 8.66. The summed E-state index contributed by atoms with van der Waals surface area (Å²) in [7, 11) is 4.21. The monoisotopic (exact) mass is 269 g/mol. The highest BCUT2D eigenvalue weighted by Gasteiger charge is 2.19. The SMILES string of the molecule is CN(C)CCN1CCN(c2nccnc2Cl)CC1. The van der Waals surface area contributed by atoms with Crippen molar-refractivity contribution in [3.05, 3.63) is 17.5 Å². The van der Waals surface area contributed by atoms with Gasteiger partial charge in [0.1, 0.15) is 0 Å². The van der Waals surface area contributed by atoms with E-state index in [1.54, 1.807) is 12.4 Å². The summed E-state index contributed by atoms with van der Waals surface area (Å²) in [4.78, 5) is 15.3. The molecule has 1 aliphatic rings. The van der Waals surface area contributed by atoms with Crippen LogP contribution in [-0.4, -0.2) is 73.1 Å². The van der Waals surface area contributed by atoms with Gasteiger partial charge in [-0.2, -0.15) is 0 Å². The first-order valence-corrected chi connectivity index (χ1v) is 6.63. The number of piperazine rings is 1. The van der Waals surface area contributed by atoms with E-state index in [0.717, 1.165) is 45.1 Å². The molecule has 0 saturated carbocycles. The minimum Gasteiger partial charge on any atom is -0.351 e. The van der Waals surface area contributed by atoms with Crippen molar-refractivity contribution in [1.82, 2.24) is 19.8 Å². The minimum absolute atomic E-state index is 0.499. The molecule has 0 N–H and O–H groups in total. The van der Waals surface area contributed by atoms with Crippen molar-refractivity contribution >= 4 is 17.4 Å². The number of halogens is 1. The molecule has 100 valence electrons. The molecule has 0 atom stereocenters. The van der Waals surface area contributed by atoms with E-state index in [1.807, 2.05) is 0 Å². The fourth-order valence-corrected chi connectivity index (χ4v) is 2.28. The van der Waals surface area contributed by atoms with Gasteiger partial charge in [0.05, 0.1) is 0 Å². The van der Waals surface area contributed by atoms with Gasteiger partial charge in [-0.1, -0.05) is 11.6 Å². The van der Waals surface area contributed by atoms with Gasteiger partial charge in [-0.05, 0) is 14.1 Å². The summed E-state index contributed by atoms with van der Waals surface area (Å²) in [5.74, 6) is 0.812. The molecule has 18 heavy (non-hydrogen) atoms. The number of hydrogen-bond acceptors (Lipinski definition) is 5. The molecule has 2 heterocycles. The third-order valence-electron chi connectivity index (χ3n) is 3.17. The standard InChI is InChI=1S/C12H20ClN5/c1-16(2)5-6-17-7-9-18(10-8-17)12-11(13)14-3-4-15-12/h3-4H,5-10H2,1-2H3. The van der Waals surface area contributed by atoms with Crippen molar-refractivity contribution in [2.45, 2.75) is 0 Å². The Morgan fingerprint density at radius 1 is 1.17 bits per heavy atom. The van der Waals surface area contributed by atoms with Crippen LogP contribution < -0.4 is 4.90 Å². The molecule has 0 radical (unpaired) electrons. The lowest BCUT2D eigenvalue weighted by atomic mass is 10.3. The molecule has 0 amide bonds. The van der Waals surface area contributed by atoms with Gasteiger partial charge in [0.2, 0.25) is 0 Å². The molecule has 0 spiro atoms. The summed E-state index contributed by atoms with van der Waals surface area (Å²) < 4.78 is 0. The molecule has 0 aliphatic carbocycles. The maximum Gasteiger partial charge on any atom is 0.171 e. The van der Waals surface area contributed by atoms with E-state index in [1.165, 1.54) is 0 Å². The quantitative estimate of drug-likeness (QED) is 0.809. The topological polar surface area (TPSA) is 35.5 Å².